The average Bonchev–Trinajstić information content (AvgIpc) is 3.29. The van der Waals surface area contributed by atoms with Gasteiger partial charge in [-0.2, -0.15) is 0 Å². The van der Waals surface area contributed by atoms with E-state index >= 15 is 0 Å². The van der Waals surface area contributed by atoms with Crippen LogP contribution in [0.3, 0.4) is 0 Å². The zero-order valence-electron chi connectivity index (χ0n) is 14.6. The number of amides is 2. The zero-order chi connectivity index (χ0) is 18.1. The van der Waals surface area contributed by atoms with Crippen LogP contribution in [0.1, 0.15) is 35.4 Å². The highest BCUT2D eigenvalue weighted by molar-refractivity contribution is 7.07. The number of likely N-dealkylation sites (tertiary alicyclic amines) is 1. The van der Waals surface area contributed by atoms with E-state index in [1.54, 1.807) is 17.8 Å². The molecule has 2 amide bonds. The summed E-state index contributed by atoms with van der Waals surface area (Å²) in [5.74, 6) is 0.124. The first-order valence-electron chi connectivity index (χ1n) is 8.84. The Morgan fingerprint density at radius 1 is 1.35 bits per heavy atom. The van der Waals surface area contributed by atoms with Crippen molar-refractivity contribution >= 4 is 23.2 Å². The molecule has 2 aromatic rings. The average molecular weight is 370 g/mol. The lowest BCUT2D eigenvalue weighted by Crippen LogP contribution is -2.64. The third kappa shape index (κ3) is 3.01. The van der Waals surface area contributed by atoms with Gasteiger partial charge in [0.05, 0.1) is 11.0 Å². The first-order valence-corrected chi connectivity index (χ1v) is 9.78. The second-order valence-corrected chi connectivity index (χ2v) is 7.82. The van der Waals surface area contributed by atoms with E-state index < -0.39 is 5.54 Å². The van der Waals surface area contributed by atoms with Crippen molar-refractivity contribution in [3.63, 3.8) is 0 Å². The monoisotopic (exact) mass is 370 g/mol. The van der Waals surface area contributed by atoms with E-state index in [0.29, 0.717) is 25.3 Å². The van der Waals surface area contributed by atoms with Gasteiger partial charge in [0.15, 0.2) is 0 Å². The Morgan fingerprint density at radius 2 is 2.15 bits per heavy atom. The van der Waals surface area contributed by atoms with Gasteiger partial charge in [-0.3, -0.25) is 9.59 Å². The minimum absolute atomic E-state index is 0.0578. The second-order valence-electron chi connectivity index (χ2n) is 7.10. The summed E-state index contributed by atoms with van der Waals surface area (Å²) in [7, 11) is 0. The van der Waals surface area contributed by atoms with Crippen LogP contribution in [0.5, 0.6) is 0 Å². The molecule has 0 radical (unpaired) electrons. The molecule has 2 aliphatic heterocycles. The number of nitrogens with zero attached hydrogens (tertiary/aromatic N) is 2. The number of rotatable bonds is 3. The first-order chi connectivity index (χ1) is 12.6. The Labute approximate surface area is 156 Å². The van der Waals surface area contributed by atoms with Gasteiger partial charge in [0, 0.05) is 43.9 Å². The van der Waals surface area contributed by atoms with Gasteiger partial charge in [-0.05, 0) is 12.0 Å². The molecule has 0 spiro atoms. The minimum atomic E-state index is -0.448. The summed E-state index contributed by atoms with van der Waals surface area (Å²) in [6.07, 6.45) is 0.836. The van der Waals surface area contributed by atoms with Crippen LogP contribution in [0.2, 0.25) is 0 Å². The summed E-state index contributed by atoms with van der Waals surface area (Å²) in [4.78, 5) is 30.7. The summed E-state index contributed by atoms with van der Waals surface area (Å²) in [6, 6.07) is 10.5. The Hall–Kier alpha value is -2.25. The molecule has 1 aromatic carbocycles. The number of carbonyl (C=O) groups excluding carboxylic acids is 2. The van der Waals surface area contributed by atoms with Crippen LogP contribution in [0.15, 0.2) is 41.2 Å². The van der Waals surface area contributed by atoms with Crippen molar-refractivity contribution in [2.45, 2.75) is 24.9 Å². The van der Waals surface area contributed by atoms with Gasteiger partial charge < -0.3 is 15.5 Å². The van der Waals surface area contributed by atoms with Crippen molar-refractivity contribution < 1.29 is 9.59 Å². The van der Waals surface area contributed by atoms with Crippen LogP contribution in [-0.2, 0) is 4.79 Å². The molecule has 3 atom stereocenters. The van der Waals surface area contributed by atoms with E-state index in [-0.39, 0.29) is 23.8 Å². The highest BCUT2D eigenvalue weighted by Crippen LogP contribution is 2.42. The summed E-state index contributed by atoms with van der Waals surface area (Å²) in [5.41, 5.74) is 2.93. The smallest absolute Gasteiger partial charge is 0.273 e. The lowest BCUT2D eigenvalue weighted by atomic mass is 9.75. The van der Waals surface area contributed by atoms with Crippen LogP contribution >= 0.6 is 11.3 Å². The SMILES string of the molecule is CC(=O)N[C@]12CN[C@H](c3ccccc3)[C@H]1CCN(C(=O)c1cscn1)C2. The topological polar surface area (TPSA) is 74.3 Å². The molecule has 6 nitrogen and oxygen atoms in total. The van der Waals surface area contributed by atoms with Crippen molar-refractivity contribution in [3.05, 3.63) is 52.5 Å². The molecule has 3 heterocycles. The van der Waals surface area contributed by atoms with Crippen molar-refractivity contribution in [1.82, 2.24) is 20.5 Å². The van der Waals surface area contributed by atoms with Crippen LogP contribution < -0.4 is 10.6 Å². The third-order valence-electron chi connectivity index (χ3n) is 5.45. The number of benzene rings is 1. The van der Waals surface area contributed by atoms with Gasteiger partial charge >= 0.3 is 0 Å². The largest absolute Gasteiger partial charge is 0.347 e. The molecular formula is C19H22N4O2S. The lowest BCUT2D eigenvalue weighted by Gasteiger charge is -2.45. The molecule has 7 heteroatoms. The van der Waals surface area contributed by atoms with E-state index in [0.717, 1.165) is 6.42 Å². The minimum Gasteiger partial charge on any atom is -0.347 e. The molecule has 0 saturated carbocycles. The molecule has 2 aliphatic rings. The quantitative estimate of drug-likeness (QED) is 0.864. The fourth-order valence-electron chi connectivity index (χ4n) is 4.41. The Bertz CT molecular complexity index is 795. The van der Waals surface area contributed by atoms with Crippen LogP contribution in [0.25, 0.3) is 0 Å². The summed E-state index contributed by atoms with van der Waals surface area (Å²) < 4.78 is 0. The van der Waals surface area contributed by atoms with Crippen molar-refractivity contribution in [3.8, 4) is 0 Å². The lowest BCUT2D eigenvalue weighted by molar-refractivity contribution is -0.122. The maximum absolute atomic E-state index is 12.8. The maximum Gasteiger partial charge on any atom is 0.273 e. The normalized spacial score (nSPS) is 27.8. The van der Waals surface area contributed by atoms with E-state index in [1.165, 1.54) is 16.9 Å². The van der Waals surface area contributed by atoms with Crippen molar-refractivity contribution in [1.29, 1.82) is 0 Å². The van der Waals surface area contributed by atoms with Gasteiger partial charge in [-0.25, -0.2) is 4.98 Å². The van der Waals surface area contributed by atoms with E-state index in [2.05, 4.69) is 27.8 Å². The van der Waals surface area contributed by atoms with Crippen LogP contribution in [-0.4, -0.2) is 46.9 Å². The zero-order valence-corrected chi connectivity index (χ0v) is 15.5. The molecule has 2 N–H and O–H groups in total. The summed E-state index contributed by atoms with van der Waals surface area (Å²) in [5, 5.41) is 8.54. The number of piperidine rings is 1. The second kappa shape index (κ2) is 6.81. The highest BCUT2D eigenvalue weighted by atomic mass is 32.1. The Kier molecular flexibility index (Phi) is 4.50. The van der Waals surface area contributed by atoms with Gasteiger partial charge in [-0.1, -0.05) is 30.3 Å². The number of hydrogen-bond donors (Lipinski definition) is 2. The molecular weight excluding hydrogens is 348 g/mol. The fourth-order valence-corrected chi connectivity index (χ4v) is 4.93. The third-order valence-corrected chi connectivity index (χ3v) is 6.04. The fraction of sp³-hybridized carbons (Fsp3) is 0.421. The summed E-state index contributed by atoms with van der Waals surface area (Å²) in [6.45, 7) is 3.37. The Balaban J connectivity index is 1.61. The highest BCUT2D eigenvalue weighted by Gasteiger charge is 2.53. The maximum atomic E-state index is 12.8. The van der Waals surface area contributed by atoms with Crippen LogP contribution in [0.4, 0.5) is 0 Å². The molecule has 0 unspecified atom stereocenters. The number of hydrogen-bond acceptors (Lipinski definition) is 5. The molecule has 0 bridgehead atoms. The molecule has 136 valence electrons. The van der Waals surface area contributed by atoms with Crippen LogP contribution in [0, 0.1) is 5.92 Å². The predicted octanol–water partition coefficient (Wildman–Crippen LogP) is 1.82. The summed E-state index contributed by atoms with van der Waals surface area (Å²) >= 11 is 1.42. The number of thiazole rings is 1. The van der Waals surface area contributed by atoms with E-state index in [9.17, 15) is 9.59 Å². The van der Waals surface area contributed by atoms with E-state index in [4.69, 9.17) is 0 Å². The van der Waals surface area contributed by atoms with Crippen molar-refractivity contribution in [2.24, 2.45) is 5.92 Å². The van der Waals surface area contributed by atoms with Gasteiger partial charge in [-0.15, -0.1) is 11.3 Å². The molecule has 2 fully saturated rings. The van der Waals surface area contributed by atoms with E-state index in [1.807, 2.05) is 23.1 Å². The molecule has 26 heavy (non-hydrogen) atoms. The predicted molar refractivity (Wildman–Crippen MR) is 99.9 cm³/mol. The molecule has 2 saturated heterocycles. The first kappa shape index (κ1) is 17.2. The van der Waals surface area contributed by atoms with Gasteiger partial charge in [0.1, 0.15) is 5.69 Å². The number of nitrogens with one attached hydrogen (secondary N) is 2. The molecule has 4 rings (SSSR count). The standard InChI is InChI=1S/C19H22N4O2S/c1-13(24)22-19-10-20-17(14-5-3-2-4-6-14)15(19)7-8-23(11-19)18(25)16-9-26-12-21-16/h2-6,9,12,15,17,20H,7-8,10-11H2,1H3,(H,22,24)/t15-,17-,19+/m1/s1. The Morgan fingerprint density at radius 3 is 2.85 bits per heavy atom. The van der Waals surface area contributed by atoms with Crippen molar-refractivity contribution in [2.75, 3.05) is 19.6 Å². The van der Waals surface area contributed by atoms with Gasteiger partial charge in [0.2, 0.25) is 5.91 Å². The molecule has 0 aliphatic carbocycles. The number of fused-ring (bicyclic) bond motifs is 1. The van der Waals surface area contributed by atoms with Gasteiger partial charge in [0.25, 0.3) is 5.91 Å². The molecule has 1 aromatic heterocycles. The number of carbonyl (C=O) groups is 2. The number of aromatic nitrogens is 1.